The first-order valence-electron chi connectivity index (χ1n) is 5.28. The molecule has 84 valence electrons. The number of imidazole rings is 1. The molecule has 2 heterocycles. The fraction of sp³-hybridized carbons (Fsp3) is 0.0833. The van der Waals surface area contributed by atoms with E-state index in [-0.39, 0.29) is 5.49 Å². The summed E-state index contributed by atoms with van der Waals surface area (Å²) in [7, 11) is 0. The zero-order valence-corrected chi connectivity index (χ0v) is 9.31. The average Bonchev–Trinajstić information content (AvgIpc) is 2.81. The Morgan fingerprint density at radius 2 is 1.94 bits per heavy atom. The maximum atomic E-state index is 7.68. The number of fused-ring (bicyclic) bond motifs is 1. The van der Waals surface area contributed by atoms with Crippen molar-refractivity contribution in [1.82, 2.24) is 19.5 Å². The Bertz CT molecular complexity index is 720. The van der Waals surface area contributed by atoms with Gasteiger partial charge in [-0.2, -0.15) is 0 Å². The van der Waals surface area contributed by atoms with Crippen LogP contribution in [0.25, 0.3) is 16.9 Å². The van der Waals surface area contributed by atoms with Crippen LogP contribution in [0.1, 0.15) is 5.56 Å². The van der Waals surface area contributed by atoms with Gasteiger partial charge in [-0.1, -0.05) is 17.7 Å². The molecule has 0 radical (unpaired) electrons. The average molecular weight is 225 g/mol. The van der Waals surface area contributed by atoms with Crippen LogP contribution in [0.3, 0.4) is 0 Å². The lowest BCUT2D eigenvalue weighted by molar-refractivity contribution is 0.970. The number of H-pyrrole nitrogens is 1. The Hall–Kier alpha value is -2.43. The van der Waals surface area contributed by atoms with E-state index in [1.807, 2.05) is 35.8 Å². The van der Waals surface area contributed by atoms with E-state index in [1.54, 1.807) is 12.7 Å². The van der Waals surface area contributed by atoms with E-state index in [9.17, 15) is 0 Å². The van der Waals surface area contributed by atoms with E-state index in [0.29, 0.717) is 11.2 Å². The van der Waals surface area contributed by atoms with E-state index < -0.39 is 0 Å². The molecule has 0 saturated carbocycles. The Kier molecular flexibility index (Phi) is 2.04. The topological polar surface area (TPSA) is 70.3 Å². The third-order valence-corrected chi connectivity index (χ3v) is 2.70. The Morgan fingerprint density at radius 3 is 2.71 bits per heavy atom. The zero-order chi connectivity index (χ0) is 11.8. The van der Waals surface area contributed by atoms with Crippen molar-refractivity contribution >= 4 is 11.2 Å². The summed E-state index contributed by atoms with van der Waals surface area (Å²) in [5.41, 5.74) is 3.76. The number of hydrogen-bond donors (Lipinski definition) is 2. The lowest BCUT2D eigenvalue weighted by Crippen LogP contribution is -2.11. The largest absolute Gasteiger partial charge is 0.340 e. The Morgan fingerprint density at radius 1 is 1.18 bits per heavy atom. The Balaban J connectivity index is 2.31. The van der Waals surface area contributed by atoms with Crippen molar-refractivity contribution in [1.29, 1.82) is 5.41 Å². The van der Waals surface area contributed by atoms with Crippen LogP contribution < -0.4 is 5.49 Å². The molecule has 5 nitrogen and oxygen atoms in total. The van der Waals surface area contributed by atoms with Crippen LogP contribution in [0.2, 0.25) is 0 Å². The minimum atomic E-state index is 0.209. The van der Waals surface area contributed by atoms with Gasteiger partial charge in [0.25, 0.3) is 0 Å². The maximum Gasteiger partial charge on any atom is 0.173 e. The second kappa shape index (κ2) is 3.55. The quantitative estimate of drug-likeness (QED) is 0.659. The standard InChI is InChI=1S/C12H11N5/c1-8-2-4-9(5-3-8)17-7-16-11(13)10-12(17)15-6-14-10/h2-7,13H,1H3,(H,14,15). The van der Waals surface area contributed by atoms with Crippen LogP contribution >= 0.6 is 0 Å². The number of nitrogens with one attached hydrogen (secondary N) is 2. The molecule has 17 heavy (non-hydrogen) atoms. The van der Waals surface area contributed by atoms with Gasteiger partial charge in [0, 0.05) is 5.69 Å². The Labute approximate surface area is 97.3 Å². The summed E-state index contributed by atoms with van der Waals surface area (Å²) in [5.74, 6) is 0. The van der Waals surface area contributed by atoms with E-state index >= 15 is 0 Å². The molecule has 3 aromatic rings. The van der Waals surface area contributed by atoms with Crippen molar-refractivity contribution in [2.75, 3.05) is 0 Å². The summed E-state index contributed by atoms with van der Waals surface area (Å²) >= 11 is 0. The SMILES string of the molecule is Cc1ccc(-n2cnc(=N)c3[nH]cnc32)cc1. The zero-order valence-electron chi connectivity index (χ0n) is 9.31. The van der Waals surface area contributed by atoms with Gasteiger partial charge in [-0.3, -0.25) is 9.98 Å². The molecule has 0 unspecified atom stereocenters. The summed E-state index contributed by atoms with van der Waals surface area (Å²) in [5, 5.41) is 7.68. The smallest absolute Gasteiger partial charge is 0.173 e. The van der Waals surface area contributed by atoms with Crippen LogP contribution in [0.15, 0.2) is 36.9 Å². The third kappa shape index (κ3) is 1.52. The molecule has 0 aliphatic carbocycles. The molecular formula is C12H11N5. The summed E-state index contributed by atoms with van der Waals surface area (Å²) in [6.07, 6.45) is 3.20. The first kappa shape index (κ1) is 9.77. The van der Waals surface area contributed by atoms with Gasteiger partial charge in [0.1, 0.15) is 11.8 Å². The van der Waals surface area contributed by atoms with Gasteiger partial charge in [-0.25, -0.2) is 9.97 Å². The van der Waals surface area contributed by atoms with Crippen LogP contribution in [-0.4, -0.2) is 19.5 Å². The van der Waals surface area contributed by atoms with Crippen molar-refractivity contribution < 1.29 is 0 Å². The van der Waals surface area contributed by atoms with Crippen molar-refractivity contribution in [3.05, 3.63) is 48.0 Å². The van der Waals surface area contributed by atoms with Crippen LogP contribution in [0, 0.1) is 12.3 Å². The predicted octanol–water partition coefficient (Wildman–Crippen LogP) is 1.54. The summed E-state index contributed by atoms with van der Waals surface area (Å²) in [6.45, 7) is 2.05. The number of benzene rings is 1. The van der Waals surface area contributed by atoms with Gasteiger partial charge in [0.15, 0.2) is 11.1 Å². The van der Waals surface area contributed by atoms with Crippen LogP contribution in [0.5, 0.6) is 0 Å². The molecule has 5 heteroatoms. The van der Waals surface area contributed by atoms with Gasteiger partial charge in [0.05, 0.1) is 6.33 Å². The molecule has 0 spiro atoms. The minimum Gasteiger partial charge on any atom is -0.340 e. The highest BCUT2D eigenvalue weighted by atomic mass is 15.1. The molecule has 0 amide bonds. The van der Waals surface area contributed by atoms with Gasteiger partial charge in [-0.05, 0) is 19.1 Å². The molecule has 0 atom stereocenters. The van der Waals surface area contributed by atoms with Crippen molar-refractivity contribution in [2.24, 2.45) is 0 Å². The number of rotatable bonds is 1. The van der Waals surface area contributed by atoms with E-state index in [2.05, 4.69) is 15.0 Å². The highest BCUT2D eigenvalue weighted by Gasteiger charge is 2.05. The molecule has 2 N–H and O–H groups in total. The number of aryl methyl sites for hydroxylation is 1. The number of aromatic nitrogens is 4. The fourth-order valence-electron chi connectivity index (χ4n) is 1.77. The molecule has 2 aromatic heterocycles. The summed E-state index contributed by atoms with van der Waals surface area (Å²) < 4.78 is 1.86. The molecule has 3 rings (SSSR count). The normalized spacial score (nSPS) is 10.9. The molecule has 0 saturated heterocycles. The van der Waals surface area contributed by atoms with Gasteiger partial charge < -0.3 is 4.98 Å². The fourth-order valence-corrected chi connectivity index (χ4v) is 1.77. The van der Waals surface area contributed by atoms with Gasteiger partial charge in [0.2, 0.25) is 0 Å². The molecule has 0 aliphatic heterocycles. The molecular weight excluding hydrogens is 214 g/mol. The number of hydrogen-bond acceptors (Lipinski definition) is 3. The highest BCUT2D eigenvalue weighted by Crippen LogP contribution is 2.12. The van der Waals surface area contributed by atoms with E-state index in [0.717, 1.165) is 5.69 Å². The van der Waals surface area contributed by atoms with Crippen molar-refractivity contribution in [2.45, 2.75) is 6.92 Å². The van der Waals surface area contributed by atoms with E-state index in [1.165, 1.54) is 5.56 Å². The summed E-state index contributed by atoms with van der Waals surface area (Å²) in [6, 6.07) is 8.09. The number of nitrogens with zero attached hydrogens (tertiary/aromatic N) is 3. The monoisotopic (exact) mass is 225 g/mol. The second-order valence-electron chi connectivity index (χ2n) is 3.90. The molecule has 0 bridgehead atoms. The lowest BCUT2D eigenvalue weighted by atomic mass is 10.2. The first-order chi connectivity index (χ1) is 8.25. The van der Waals surface area contributed by atoms with Crippen molar-refractivity contribution in [3.8, 4) is 5.69 Å². The van der Waals surface area contributed by atoms with E-state index in [4.69, 9.17) is 5.41 Å². The highest BCUT2D eigenvalue weighted by molar-refractivity contribution is 5.70. The van der Waals surface area contributed by atoms with Crippen molar-refractivity contribution in [3.63, 3.8) is 0 Å². The first-order valence-corrected chi connectivity index (χ1v) is 5.28. The van der Waals surface area contributed by atoms with Crippen LogP contribution in [0.4, 0.5) is 0 Å². The summed E-state index contributed by atoms with van der Waals surface area (Å²) in [4.78, 5) is 11.2. The third-order valence-electron chi connectivity index (χ3n) is 2.70. The molecule has 0 aliphatic rings. The molecule has 0 fully saturated rings. The predicted molar refractivity (Wildman–Crippen MR) is 63.8 cm³/mol. The lowest BCUT2D eigenvalue weighted by Gasteiger charge is -2.06. The van der Waals surface area contributed by atoms with Gasteiger partial charge in [-0.15, -0.1) is 0 Å². The number of aromatic amines is 1. The minimum absolute atomic E-state index is 0.209. The molecule has 1 aromatic carbocycles. The maximum absolute atomic E-state index is 7.68. The van der Waals surface area contributed by atoms with Gasteiger partial charge >= 0.3 is 0 Å². The van der Waals surface area contributed by atoms with Crippen LogP contribution in [-0.2, 0) is 0 Å². The second-order valence-corrected chi connectivity index (χ2v) is 3.90.